The molecule has 0 saturated heterocycles. The maximum Gasteiger partial charge on any atom is 0.179 e. The number of aromatic nitrogens is 3. The van der Waals surface area contributed by atoms with Crippen LogP contribution in [0.15, 0.2) is 376 Å². The van der Waals surface area contributed by atoms with Gasteiger partial charge in [0.1, 0.15) is 11.0 Å². The molecule has 0 amide bonds. The quantitative estimate of drug-likeness (QED) is 0.0758. The zero-order valence-corrected chi connectivity index (χ0v) is 54.8. The SMILES string of the molecule is c1ccc([Si](c2ccccc2)(c2ccccc2)c2ccc(-c3ccc(N(c4ccc(-c5ccc([Si](c6ccccc6)(c6ccccc6)c6ccccc6)cc5)cc4)c4ccc(-c5ccc(-n6c7ccccc7c7cc8ccccc8cc76)cc5)c5nsnc45)cc3)cc2)cc1. The number of rotatable bonds is 15. The molecule has 17 aromatic rings. The van der Waals surface area contributed by atoms with E-state index in [0.29, 0.717) is 0 Å². The highest BCUT2D eigenvalue weighted by Gasteiger charge is 2.42. The summed E-state index contributed by atoms with van der Waals surface area (Å²) in [6.45, 7) is 0. The summed E-state index contributed by atoms with van der Waals surface area (Å²) in [7, 11) is -5.39. The van der Waals surface area contributed by atoms with Crippen molar-refractivity contribution in [3.63, 3.8) is 0 Å². The monoisotopic (exact) mass is 1260 g/mol. The van der Waals surface area contributed by atoms with Gasteiger partial charge in [-0.2, -0.15) is 8.75 Å². The van der Waals surface area contributed by atoms with Crippen LogP contribution < -0.4 is 46.4 Å². The summed E-state index contributed by atoms with van der Waals surface area (Å²) in [4.78, 5) is 2.35. The Bertz CT molecular complexity index is 5130. The normalized spacial score (nSPS) is 11.8. The molecule has 17 rings (SSSR count). The van der Waals surface area contributed by atoms with E-state index < -0.39 is 16.1 Å². The first-order valence-corrected chi connectivity index (χ1v) is 37.2. The molecule has 95 heavy (non-hydrogen) atoms. The van der Waals surface area contributed by atoms with Gasteiger partial charge in [-0.25, -0.2) is 0 Å². The molecule has 0 atom stereocenters. The predicted molar refractivity (Wildman–Crippen MR) is 407 cm³/mol. The molecule has 0 spiro atoms. The van der Waals surface area contributed by atoms with Gasteiger partial charge in [0.15, 0.2) is 16.1 Å². The van der Waals surface area contributed by atoms with Crippen LogP contribution in [0.4, 0.5) is 17.1 Å². The third-order valence-electron chi connectivity index (χ3n) is 19.4. The Morgan fingerprint density at radius 1 is 0.263 bits per heavy atom. The molecule has 2 heterocycles. The van der Waals surface area contributed by atoms with E-state index >= 15 is 0 Å². The highest BCUT2D eigenvalue weighted by molar-refractivity contribution is 7.20. The topological polar surface area (TPSA) is 34.0 Å². The van der Waals surface area contributed by atoms with Crippen LogP contribution in [0.5, 0.6) is 0 Å². The largest absolute Gasteiger partial charge is 0.309 e. The maximum absolute atomic E-state index is 5.14. The van der Waals surface area contributed by atoms with Gasteiger partial charge >= 0.3 is 0 Å². The zero-order chi connectivity index (χ0) is 63.1. The van der Waals surface area contributed by atoms with Crippen LogP contribution in [0.3, 0.4) is 0 Å². The molecule has 0 fully saturated rings. The van der Waals surface area contributed by atoms with E-state index in [-0.39, 0.29) is 0 Å². The number of nitrogens with zero attached hydrogens (tertiary/aromatic N) is 4. The Labute approximate surface area is 559 Å². The fourth-order valence-corrected chi connectivity index (χ4v) is 25.0. The van der Waals surface area contributed by atoms with Gasteiger partial charge in [0.25, 0.3) is 0 Å². The number of anilines is 3. The first-order valence-electron chi connectivity index (χ1n) is 32.4. The van der Waals surface area contributed by atoms with Crippen molar-refractivity contribution in [3.8, 4) is 39.1 Å². The van der Waals surface area contributed by atoms with E-state index in [1.165, 1.54) is 85.8 Å². The van der Waals surface area contributed by atoms with Crippen molar-refractivity contribution >= 4 is 130 Å². The van der Waals surface area contributed by atoms with Crippen LogP contribution in [-0.4, -0.2) is 29.5 Å². The van der Waals surface area contributed by atoms with E-state index in [1.807, 2.05) is 0 Å². The molecule has 2 aromatic heterocycles. The van der Waals surface area contributed by atoms with E-state index in [4.69, 9.17) is 8.75 Å². The number of para-hydroxylation sites is 1. The van der Waals surface area contributed by atoms with Gasteiger partial charge in [0.2, 0.25) is 0 Å². The third-order valence-corrected chi connectivity index (χ3v) is 29.5. The molecular weight excluding hydrogens is 1200 g/mol. The average molecular weight is 1260 g/mol. The van der Waals surface area contributed by atoms with Gasteiger partial charge in [0, 0.05) is 33.4 Å². The second-order valence-electron chi connectivity index (χ2n) is 24.5. The summed E-state index contributed by atoms with van der Waals surface area (Å²) in [5, 5.41) is 15.8. The van der Waals surface area contributed by atoms with E-state index in [9.17, 15) is 0 Å². The lowest BCUT2D eigenvalue weighted by Crippen LogP contribution is -2.74. The summed E-state index contributed by atoms with van der Waals surface area (Å²) in [5.41, 5.74) is 14.9. The lowest BCUT2D eigenvalue weighted by Gasteiger charge is -2.34. The molecule has 0 aliphatic heterocycles. The first-order chi connectivity index (χ1) is 47.1. The van der Waals surface area contributed by atoms with Gasteiger partial charge in [0.05, 0.1) is 28.4 Å². The molecule has 0 saturated carbocycles. The van der Waals surface area contributed by atoms with Crippen molar-refractivity contribution in [2.24, 2.45) is 0 Å². The summed E-state index contributed by atoms with van der Waals surface area (Å²) < 4.78 is 12.6. The fourth-order valence-electron chi connectivity index (χ4n) is 15.0. The van der Waals surface area contributed by atoms with Crippen molar-refractivity contribution < 1.29 is 0 Å². The summed E-state index contributed by atoms with van der Waals surface area (Å²) in [5.74, 6) is 0. The molecule has 0 radical (unpaired) electrons. The predicted octanol–water partition coefficient (Wildman–Crippen LogP) is 17.2. The number of benzene rings is 15. The minimum absolute atomic E-state index is 0.843. The Kier molecular flexibility index (Phi) is 14.8. The molecule has 0 N–H and O–H groups in total. The summed E-state index contributed by atoms with van der Waals surface area (Å²) in [6, 6.07) is 139. The molecule has 448 valence electrons. The molecule has 4 nitrogen and oxygen atoms in total. The molecule has 0 aliphatic rings. The number of fused-ring (bicyclic) bond motifs is 5. The highest BCUT2D eigenvalue weighted by atomic mass is 32.1. The first kappa shape index (κ1) is 57.3. The van der Waals surface area contributed by atoms with Gasteiger partial charge < -0.3 is 9.47 Å². The van der Waals surface area contributed by atoms with Crippen molar-refractivity contribution in [2.75, 3.05) is 4.90 Å². The summed E-state index contributed by atoms with van der Waals surface area (Å²) >= 11 is 1.26. The molecule has 0 unspecified atom stereocenters. The molecule has 7 heteroatoms. The number of hydrogen-bond donors (Lipinski definition) is 0. The Balaban J connectivity index is 0.749. The third kappa shape index (κ3) is 9.95. The minimum atomic E-state index is -2.70. The lowest BCUT2D eigenvalue weighted by molar-refractivity contribution is 1.18. The molecule has 0 aliphatic carbocycles. The van der Waals surface area contributed by atoms with Gasteiger partial charge in [-0.3, -0.25) is 0 Å². The zero-order valence-electron chi connectivity index (χ0n) is 52.0. The summed E-state index contributed by atoms with van der Waals surface area (Å²) in [6.07, 6.45) is 0. The van der Waals surface area contributed by atoms with Gasteiger partial charge in [-0.1, -0.05) is 309 Å². The van der Waals surface area contributed by atoms with E-state index in [1.54, 1.807) is 0 Å². The average Bonchev–Trinajstić information content (AvgIpc) is 0.935. The second-order valence-corrected chi connectivity index (χ2v) is 32.6. The van der Waals surface area contributed by atoms with Crippen LogP contribution in [0.25, 0.3) is 82.7 Å². The number of hydrogen-bond acceptors (Lipinski definition) is 4. The molecule has 0 bridgehead atoms. The Morgan fingerprint density at radius 3 is 1.04 bits per heavy atom. The van der Waals surface area contributed by atoms with Crippen molar-refractivity contribution in [1.82, 2.24) is 13.3 Å². The van der Waals surface area contributed by atoms with Crippen LogP contribution in [0, 0.1) is 0 Å². The van der Waals surface area contributed by atoms with Crippen LogP contribution in [0.2, 0.25) is 0 Å². The molecule has 15 aromatic carbocycles. The van der Waals surface area contributed by atoms with Crippen LogP contribution in [-0.2, 0) is 0 Å². The standard InChI is InChI=1S/C88H62N4SSi2/c1-7-25-73(26-8-1)94(74-27-9-2-10-28-74,75-29-11-3-12-30-75)79-55-45-65(46-56-79)63-39-49-70(50-40-63)91(71-51-41-64(42-52-71)66-47-57-80(58-48-66)95(76-31-13-4-14-32-76,77-33-15-5-16-34-77)78-35-17-6-18-36-78)85-60-59-81(87-88(85)90-93-89-87)67-43-53-72(54-44-67)92-84-38-22-21-37-82(84)83-61-68-23-19-20-24-69(68)62-86(83)92/h1-62H. The molecular formula is C88H62N4SSi2. The maximum atomic E-state index is 5.14. The second kappa shape index (κ2) is 24.5. The van der Waals surface area contributed by atoms with E-state index in [2.05, 4.69) is 386 Å². The van der Waals surface area contributed by atoms with Crippen LogP contribution in [0.1, 0.15) is 0 Å². The smallest absolute Gasteiger partial charge is 0.179 e. The van der Waals surface area contributed by atoms with Crippen molar-refractivity contribution in [3.05, 3.63) is 376 Å². The highest BCUT2D eigenvalue weighted by Crippen LogP contribution is 2.43. The Hall–Kier alpha value is -11.6. The van der Waals surface area contributed by atoms with Gasteiger partial charge in [-0.05, 0) is 147 Å². The lowest BCUT2D eigenvalue weighted by atomic mass is 10.0. The Morgan fingerprint density at radius 2 is 0.611 bits per heavy atom. The van der Waals surface area contributed by atoms with Crippen molar-refractivity contribution in [2.45, 2.75) is 0 Å². The fraction of sp³-hybridized carbons (Fsp3) is 0. The van der Waals surface area contributed by atoms with Crippen molar-refractivity contribution in [1.29, 1.82) is 0 Å². The minimum Gasteiger partial charge on any atom is -0.309 e. The van der Waals surface area contributed by atoms with E-state index in [0.717, 1.165) is 67.2 Å². The van der Waals surface area contributed by atoms with Crippen LogP contribution >= 0.6 is 11.7 Å². The van der Waals surface area contributed by atoms with Gasteiger partial charge in [-0.15, -0.1) is 0 Å².